The summed E-state index contributed by atoms with van der Waals surface area (Å²) in [6.07, 6.45) is 2.59. The number of rotatable bonds is 3. The molecule has 0 fully saturated rings. The first-order valence-corrected chi connectivity index (χ1v) is 8.06. The molecule has 0 atom stereocenters. The van der Waals surface area contributed by atoms with Crippen molar-refractivity contribution < 1.29 is 9.72 Å². The Balaban J connectivity index is 1.97. The molecule has 0 aliphatic carbocycles. The molecule has 0 radical (unpaired) electrons. The van der Waals surface area contributed by atoms with Gasteiger partial charge in [0.2, 0.25) is 0 Å². The second-order valence-electron chi connectivity index (χ2n) is 4.98. The Morgan fingerprint density at radius 1 is 1.27 bits per heavy atom. The molecule has 5 nitrogen and oxygen atoms in total. The smallest absolute Gasteiger partial charge is 0.283 e. The van der Waals surface area contributed by atoms with Crippen molar-refractivity contribution in [1.29, 1.82) is 0 Å². The van der Waals surface area contributed by atoms with Crippen LogP contribution in [-0.4, -0.2) is 23.6 Å². The van der Waals surface area contributed by atoms with Crippen LogP contribution in [0.5, 0.6) is 0 Å². The fraction of sp³-hybridized carbons (Fsp3) is 0.188. The molecule has 3 rings (SSSR count). The molecule has 1 heterocycles. The Morgan fingerprint density at radius 3 is 2.77 bits per heavy atom. The molecular formula is C16H14N2O3S. The SMILES string of the molecule is CSc1ccc(C(=O)N2CCc3ccccc32)cc1[N+](=O)[O-]. The van der Waals surface area contributed by atoms with Gasteiger partial charge in [-0.15, -0.1) is 11.8 Å². The average molecular weight is 314 g/mol. The van der Waals surface area contributed by atoms with Crippen LogP contribution in [-0.2, 0) is 6.42 Å². The van der Waals surface area contributed by atoms with Crippen LogP contribution in [0.1, 0.15) is 15.9 Å². The highest BCUT2D eigenvalue weighted by Gasteiger charge is 2.26. The highest BCUT2D eigenvalue weighted by atomic mass is 32.2. The predicted molar refractivity (Wildman–Crippen MR) is 86.7 cm³/mol. The van der Waals surface area contributed by atoms with Gasteiger partial charge in [-0.3, -0.25) is 14.9 Å². The quantitative estimate of drug-likeness (QED) is 0.494. The summed E-state index contributed by atoms with van der Waals surface area (Å²) in [4.78, 5) is 25.6. The predicted octanol–water partition coefficient (Wildman–Crippen LogP) is 3.52. The third-order valence-electron chi connectivity index (χ3n) is 3.75. The topological polar surface area (TPSA) is 63.5 Å². The monoisotopic (exact) mass is 314 g/mol. The number of nitro benzene ring substituents is 1. The normalized spacial score (nSPS) is 13.0. The van der Waals surface area contributed by atoms with Gasteiger partial charge in [0, 0.05) is 23.9 Å². The maximum atomic E-state index is 12.7. The minimum atomic E-state index is -0.444. The molecule has 0 saturated heterocycles. The Kier molecular flexibility index (Phi) is 3.85. The van der Waals surface area contributed by atoms with Crippen molar-refractivity contribution in [3.63, 3.8) is 0 Å². The van der Waals surface area contributed by atoms with Gasteiger partial charge in [-0.05, 0) is 36.4 Å². The van der Waals surface area contributed by atoms with Crippen molar-refractivity contribution in [1.82, 2.24) is 0 Å². The first-order valence-electron chi connectivity index (χ1n) is 6.84. The van der Waals surface area contributed by atoms with Crippen molar-refractivity contribution in [2.24, 2.45) is 0 Å². The number of thioether (sulfide) groups is 1. The number of anilines is 1. The zero-order valence-electron chi connectivity index (χ0n) is 12.0. The van der Waals surface area contributed by atoms with E-state index in [2.05, 4.69) is 0 Å². The lowest BCUT2D eigenvalue weighted by Crippen LogP contribution is -2.28. The molecule has 1 amide bonds. The summed E-state index contributed by atoms with van der Waals surface area (Å²) in [6, 6.07) is 12.4. The number of nitrogens with zero attached hydrogens (tertiary/aromatic N) is 2. The molecule has 1 aliphatic heterocycles. The maximum absolute atomic E-state index is 12.7. The lowest BCUT2D eigenvalue weighted by molar-refractivity contribution is -0.387. The summed E-state index contributed by atoms with van der Waals surface area (Å²) in [6.45, 7) is 0.607. The van der Waals surface area contributed by atoms with E-state index in [-0.39, 0.29) is 11.6 Å². The molecule has 112 valence electrons. The van der Waals surface area contributed by atoms with Gasteiger partial charge in [-0.2, -0.15) is 0 Å². The number of hydrogen-bond donors (Lipinski definition) is 0. The molecule has 22 heavy (non-hydrogen) atoms. The van der Waals surface area contributed by atoms with Gasteiger partial charge in [0.15, 0.2) is 0 Å². The van der Waals surface area contributed by atoms with Crippen LogP contribution < -0.4 is 4.90 Å². The molecule has 0 saturated carbocycles. The zero-order chi connectivity index (χ0) is 15.7. The van der Waals surface area contributed by atoms with E-state index in [1.54, 1.807) is 23.3 Å². The number of fused-ring (bicyclic) bond motifs is 1. The largest absolute Gasteiger partial charge is 0.308 e. The first-order chi connectivity index (χ1) is 10.6. The summed E-state index contributed by atoms with van der Waals surface area (Å²) < 4.78 is 0. The number of para-hydroxylation sites is 1. The molecule has 0 aromatic heterocycles. The van der Waals surface area contributed by atoms with Gasteiger partial charge in [-0.25, -0.2) is 0 Å². The zero-order valence-corrected chi connectivity index (χ0v) is 12.8. The van der Waals surface area contributed by atoms with E-state index in [1.165, 1.54) is 17.8 Å². The molecule has 0 bridgehead atoms. The molecule has 0 N–H and O–H groups in total. The lowest BCUT2D eigenvalue weighted by atomic mass is 10.1. The molecule has 2 aromatic rings. The van der Waals surface area contributed by atoms with E-state index in [9.17, 15) is 14.9 Å². The second-order valence-corrected chi connectivity index (χ2v) is 5.83. The number of benzene rings is 2. The summed E-state index contributed by atoms with van der Waals surface area (Å²) in [7, 11) is 0. The summed E-state index contributed by atoms with van der Waals surface area (Å²) in [5, 5.41) is 11.1. The van der Waals surface area contributed by atoms with Crippen molar-refractivity contribution in [3.8, 4) is 0 Å². The van der Waals surface area contributed by atoms with Crippen molar-refractivity contribution >= 4 is 29.0 Å². The van der Waals surface area contributed by atoms with Crippen LogP contribution in [0.3, 0.4) is 0 Å². The van der Waals surface area contributed by atoms with Gasteiger partial charge in [0.25, 0.3) is 11.6 Å². The summed E-state index contributed by atoms with van der Waals surface area (Å²) in [5.74, 6) is -0.194. The van der Waals surface area contributed by atoms with Crippen molar-refractivity contribution in [2.75, 3.05) is 17.7 Å². The van der Waals surface area contributed by atoms with Crippen LogP contribution in [0.15, 0.2) is 47.4 Å². The van der Waals surface area contributed by atoms with Gasteiger partial charge in [-0.1, -0.05) is 18.2 Å². The number of nitro groups is 1. The third-order valence-corrected chi connectivity index (χ3v) is 4.54. The Morgan fingerprint density at radius 2 is 2.05 bits per heavy atom. The van der Waals surface area contributed by atoms with E-state index in [4.69, 9.17) is 0 Å². The van der Waals surface area contributed by atoms with Crippen molar-refractivity contribution in [2.45, 2.75) is 11.3 Å². The Bertz CT molecular complexity index is 761. The summed E-state index contributed by atoms with van der Waals surface area (Å²) in [5.41, 5.74) is 2.35. The molecule has 1 aliphatic rings. The lowest BCUT2D eigenvalue weighted by Gasteiger charge is -2.17. The fourth-order valence-electron chi connectivity index (χ4n) is 2.67. The minimum Gasteiger partial charge on any atom is -0.308 e. The molecular weight excluding hydrogens is 300 g/mol. The number of carbonyl (C=O) groups excluding carboxylic acids is 1. The average Bonchev–Trinajstić information content (AvgIpc) is 2.97. The van der Waals surface area contributed by atoms with Crippen LogP contribution >= 0.6 is 11.8 Å². The van der Waals surface area contributed by atoms with Crippen LogP contribution in [0.4, 0.5) is 11.4 Å². The van der Waals surface area contributed by atoms with Gasteiger partial charge >= 0.3 is 0 Å². The highest BCUT2D eigenvalue weighted by Crippen LogP contribution is 2.32. The standard InChI is InChI=1S/C16H14N2O3S/c1-22-15-7-6-12(10-14(15)18(20)21)16(19)17-9-8-11-4-2-3-5-13(11)17/h2-7,10H,8-9H2,1H3. The van der Waals surface area contributed by atoms with Gasteiger partial charge < -0.3 is 4.90 Å². The van der Waals surface area contributed by atoms with E-state index in [0.717, 1.165) is 17.7 Å². The number of hydrogen-bond acceptors (Lipinski definition) is 4. The summed E-state index contributed by atoms with van der Waals surface area (Å²) >= 11 is 1.30. The first kappa shape index (κ1) is 14.6. The third kappa shape index (κ3) is 2.46. The molecule has 0 unspecified atom stereocenters. The number of amides is 1. The second kappa shape index (κ2) is 5.81. The number of carbonyl (C=O) groups is 1. The van der Waals surface area contributed by atoms with Gasteiger partial charge in [0.05, 0.1) is 9.82 Å². The van der Waals surface area contributed by atoms with E-state index in [1.807, 2.05) is 24.3 Å². The minimum absolute atomic E-state index is 0.0224. The van der Waals surface area contributed by atoms with Crippen LogP contribution in [0.2, 0.25) is 0 Å². The van der Waals surface area contributed by atoms with Crippen molar-refractivity contribution in [3.05, 3.63) is 63.7 Å². The fourth-order valence-corrected chi connectivity index (χ4v) is 3.22. The van der Waals surface area contributed by atoms with Crippen LogP contribution in [0, 0.1) is 10.1 Å². The molecule has 6 heteroatoms. The molecule has 0 spiro atoms. The Labute approximate surface area is 132 Å². The van der Waals surface area contributed by atoms with Crippen LogP contribution in [0.25, 0.3) is 0 Å². The van der Waals surface area contributed by atoms with E-state index < -0.39 is 4.92 Å². The Hall–Kier alpha value is -2.34. The maximum Gasteiger partial charge on any atom is 0.283 e. The highest BCUT2D eigenvalue weighted by molar-refractivity contribution is 7.98. The van der Waals surface area contributed by atoms with E-state index >= 15 is 0 Å². The van der Waals surface area contributed by atoms with E-state index in [0.29, 0.717) is 17.0 Å². The molecule has 2 aromatic carbocycles. The van der Waals surface area contributed by atoms with Gasteiger partial charge in [0.1, 0.15) is 0 Å².